The first-order valence-electron chi connectivity index (χ1n) is 11.0. The number of carbonyl (C=O) groups excluding carboxylic acids is 2. The van der Waals surface area contributed by atoms with Gasteiger partial charge in [0.1, 0.15) is 5.75 Å². The highest BCUT2D eigenvalue weighted by molar-refractivity contribution is 6.07. The first kappa shape index (κ1) is 25.4. The van der Waals surface area contributed by atoms with Gasteiger partial charge in [-0.2, -0.15) is 0 Å². The summed E-state index contributed by atoms with van der Waals surface area (Å²) >= 11 is 0. The maximum atomic E-state index is 13.2. The van der Waals surface area contributed by atoms with Crippen molar-refractivity contribution in [3.05, 3.63) is 89.0 Å². The van der Waals surface area contributed by atoms with Crippen molar-refractivity contribution >= 4 is 17.8 Å². The van der Waals surface area contributed by atoms with E-state index in [2.05, 4.69) is 5.32 Å². The monoisotopic (exact) mass is 475 g/mol. The molecule has 3 aromatic carbocycles. The molecule has 1 N–H and O–H groups in total. The van der Waals surface area contributed by atoms with E-state index in [4.69, 9.17) is 18.9 Å². The first-order chi connectivity index (χ1) is 17.0. The van der Waals surface area contributed by atoms with Crippen LogP contribution in [0.25, 0.3) is 6.08 Å². The number of Topliss-reactive ketones (excluding diaryl/α,β-unsaturated/α-hetero) is 1. The molecule has 3 rings (SSSR count). The van der Waals surface area contributed by atoms with Crippen LogP contribution in [0.15, 0.2) is 72.3 Å². The third-order valence-electron chi connectivity index (χ3n) is 5.38. The van der Waals surface area contributed by atoms with Crippen molar-refractivity contribution in [3.63, 3.8) is 0 Å². The van der Waals surface area contributed by atoms with Crippen LogP contribution in [-0.2, 0) is 11.3 Å². The van der Waals surface area contributed by atoms with Crippen molar-refractivity contribution in [2.24, 2.45) is 0 Å². The predicted molar refractivity (Wildman–Crippen MR) is 134 cm³/mol. The molecule has 1 amide bonds. The molecule has 0 bridgehead atoms. The van der Waals surface area contributed by atoms with Crippen LogP contribution in [0.4, 0.5) is 0 Å². The van der Waals surface area contributed by atoms with Gasteiger partial charge in [0.15, 0.2) is 17.3 Å². The zero-order valence-electron chi connectivity index (χ0n) is 20.3. The lowest BCUT2D eigenvalue weighted by atomic mass is 9.99. The van der Waals surface area contributed by atoms with Crippen LogP contribution in [0.3, 0.4) is 0 Å². The molecule has 0 radical (unpaired) electrons. The van der Waals surface area contributed by atoms with E-state index in [0.717, 1.165) is 5.56 Å². The molecule has 0 aromatic heterocycles. The smallest absolute Gasteiger partial charge is 0.247 e. The van der Waals surface area contributed by atoms with E-state index in [1.165, 1.54) is 21.3 Å². The summed E-state index contributed by atoms with van der Waals surface area (Å²) in [7, 11) is 6.12. The number of ketones is 1. The topological polar surface area (TPSA) is 83.1 Å². The van der Waals surface area contributed by atoms with Crippen LogP contribution in [0.5, 0.6) is 23.0 Å². The second-order valence-electron chi connectivity index (χ2n) is 7.62. The van der Waals surface area contributed by atoms with Crippen LogP contribution < -0.4 is 24.3 Å². The summed E-state index contributed by atoms with van der Waals surface area (Å²) in [5, 5.41) is 2.91. The molecule has 3 aromatic rings. The fourth-order valence-electron chi connectivity index (χ4n) is 3.53. The van der Waals surface area contributed by atoms with Crippen molar-refractivity contribution in [3.8, 4) is 23.0 Å². The Morgan fingerprint density at radius 3 is 1.97 bits per heavy atom. The largest absolute Gasteiger partial charge is 0.497 e. The maximum Gasteiger partial charge on any atom is 0.247 e. The summed E-state index contributed by atoms with van der Waals surface area (Å²) in [6.07, 6.45) is 1.57. The Hall–Kier alpha value is -4.26. The molecular weight excluding hydrogens is 446 g/mol. The van der Waals surface area contributed by atoms with Gasteiger partial charge in [0.25, 0.3) is 0 Å². The third-order valence-corrected chi connectivity index (χ3v) is 5.38. The van der Waals surface area contributed by atoms with Gasteiger partial charge in [-0.1, -0.05) is 30.3 Å². The predicted octanol–water partition coefficient (Wildman–Crippen LogP) is 4.69. The number of amides is 1. The van der Waals surface area contributed by atoms with Gasteiger partial charge in [-0.05, 0) is 53.6 Å². The van der Waals surface area contributed by atoms with Crippen molar-refractivity contribution in [1.29, 1.82) is 0 Å². The van der Waals surface area contributed by atoms with E-state index in [1.54, 1.807) is 49.6 Å². The van der Waals surface area contributed by atoms with Gasteiger partial charge in [-0.3, -0.25) is 9.59 Å². The van der Waals surface area contributed by atoms with E-state index in [0.29, 0.717) is 46.2 Å². The summed E-state index contributed by atoms with van der Waals surface area (Å²) in [5.41, 5.74) is 2.37. The van der Waals surface area contributed by atoms with Crippen molar-refractivity contribution in [2.75, 3.05) is 28.4 Å². The Labute approximate surface area is 205 Å². The highest BCUT2D eigenvalue weighted by atomic mass is 16.5. The fourth-order valence-corrected chi connectivity index (χ4v) is 3.53. The molecule has 7 nitrogen and oxygen atoms in total. The number of ether oxygens (including phenoxy) is 4. The third kappa shape index (κ3) is 6.63. The van der Waals surface area contributed by atoms with Gasteiger partial charge in [-0.15, -0.1) is 0 Å². The van der Waals surface area contributed by atoms with Gasteiger partial charge < -0.3 is 24.3 Å². The number of hydrogen-bond donors (Lipinski definition) is 1. The van der Waals surface area contributed by atoms with Gasteiger partial charge in [0.05, 0.1) is 28.4 Å². The highest BCUT2D eigenvalue weighted by Gasteiger charge is 2.18. The van der Waals surface area contributed by atoms with Gasteiger partial charge >= 0.3 is 0 Å². The lowest BCUT2D eigenvalue weighted by Gasteiger charge is -2.14. The van der Waals surface area contributed by atoms with Gasteiger partial charge in [-0.25, -0.2) is 0 Å². The number of hydrogen-bond acceptors (Lipinski definition) is 6. The minimum atomic E-state index is -0.343. The highest BCUT2D eigenvalue weighted by Crippen LogP contribution is 2.38. The van der Waals surface area contributed by atoms with Crippen LogP contribution in [-0.4, -0.2) is 40.1 Å². The quantitative estimate of drug-likeness (QED) is 0.320. The summed E-state index contributed by atoms with van der Waals surface area (Å²) in [6.45, 7) is 0.336. The number of carbonyl (C=O) groups is 2. The lowest BCUT2D eigenvalue weighted by Crippen LogP contribution is -2.25. The lowest BCUT2D eigenvalue weighted by molar-refractivity contribution is -0.117. The van der Waals surface area contributed by atoms with E-state index in [-0.39, 0.29) is 18.1 Å². The second-order valence-corrected chi connectivity index (χ2v) is 7.62. The molecule has 0 aliphatic heterocycles. The first-order valence-corrected chi connectivity index (χ1v) is 11.0. The van der Waals surface area contributed by atoms with Crippen molar-refractivity contribution < 1.29 is 28.5 Å². The van der Waals surface area contributed by atoms with Crippen LogP contribution in [0, 0.1) is 0 Å². The Morgan fingerprint density at radius 1 is 0.800 bits per heavy atom. The molecular formula is C28H29NO6. The second kappa shape index (κ2) is 12.3. The van der Waals surface area contributed by atoms with E-state index < -0.39 is 0 Å². The fraction of sp³-hybridized carbons (Fsp3) is 0.214. The molecule has 0 atom stereocenters. The Kier molecular flexibility index (Phi) is 8.89. The molecule has 0 aliphatic rings. The molecule has 0 unspecified atom stereocenters. The number of rotatable bonds is 11. The van der Waals surface area contributed by atoms with E-state index in [1.807, 2.05) is 30.3 Å². The summed E-state index contributed by atoms with van der Waals surface area (Å²) in [6, 6.07) is 19.8. The van der Waals surface area contributed by atoms with Crippen molar-refractivity contribution in [2.45, 2.75) is 13.0 Å². The van der Waals surface area contributed by atoms with Crippen LogP contribution in [0.2, 0.25) is 0 Å². The number of nitrogens with one attached hydrogen (secondary N) is 1. The number of methoxy groups -OCH3 is 4. The van der Waals surface area contributed by atoms with Crippen LogP contribution >= 0.6 is 0 Å². The SMILES string of the molecule is COc1ccc(C(=O)C/C(=C\c2cc(OC)c(OC)c(OC)c2)C(=O)NCc2ccccc2)cc1. The van der Waals surface area contributed by atoms with E-state index >= 15 is 0 Å². The summed E-state index contributed by atoms with van der Waals surface area (Å²) in [4.78, 5) is 26.2. The van der Waals surface area contributed by atoms with E-state index in [9.17, 15) is 9.59 Å². The molecule has 0 heterocycles. The molecule has 7 heteroatoms. The molecule has 0 aliphatic carbocycles. The van der Waals surface area contributed by atoms with Crippen molar-refractivity contribution in [1.82, 2.24) is 5.32 Å². The maximum absolute atomic E-state index is 13.2. The molecule has 0 spiro atoms. The summed E-state index contributed by atoms with van der Waals surface area (Å²) in [5.74, 6) is 1.45. The average Bonchev–Trinajstić information content (AvgIpc) is 2.91. The Balaban J connectivity index is 1.93. The molecule has 182 valence electrons. The van der Waals surface area contributed by atoms with Crippen LogP contribution in [0.1, 0.15) is 27.9 Å². The number of benzene rings is 3. The zero-order chi connectivity index (χ0) is 25.2. The van der Waals surface area contributed by atoms with Gasteiger partial charge in [0, 0.05) is 24.1 Å². The zero-order valence-corrected chi connectivity index (χ0v) is 20.3. The standard InChI is InChI=1S/C28H29NO6/c1-32-23-12-10-21(11-13-23)24(30)17-22(28(31)29-18-19-8-6-5-7-9-19)14-20-15-25(33-2)27(35-4)26(16-20)34-3/h5-16H,17-18H2,1-4H3,(H,29,31)/b22-14+. The molecule has 0 fully saturated rings. The Bertz CT molecular complexity index is 1160. The average molecular weight is 476 g/mol. The molecule has 0 saturated heterocycles. The minimum absolute atomic E-state index is 0.0936. The summed E-state index contributed by atoms with van der Waals surface area (Å²) < 4.78 is 21.4. The van der Waals surface area contributed by atoms with Gasteiger partial charge in [0.2, 0.25) is 11.7 Å². The normalized spacial score (nSPS) is 10.9. The Morgan fingerprint density at radius 2 is 1.43 bits per heavy atom. The molecule has 0 saturated carbocycles. The molecule has 35 heavy (non-hydrogen) atoms. The minimum Gasteiger partial charge on any atom is -0.497 e.